The lowest BCUT2D eigenvalue weighted by Crippen LogP contribution is -2.18. The first kappa shape index (κ1) is 19.3. The predicted octanol–water partition coefficient (Wildman–Crippen LogP) is 5.75. The highest BCUT2D eigenvalue weighted by Crippen LogP contribution is 2.50. The Kier molecular flexibility index (Phi) is 5.77. The van der Waals surface area contributed by atoms with E-state index in [-0.39, 0.29) is 0 Å². The molecule has 0 bridgehead atoms. The number of hydrogen-bond donors (Lipinski definition) is 2. The number of benzene rings is 3. The molecule has 0 saturated heterocycles. The standard InChI is InChI=1S/C22H24N2O2S/c1-17-14-20(16-21(15-17)27(25,26)24(2)3)23-22(18-10-6-4-7-11-18)19-12-8-5-9-13-19/h4-16,25-26H,1-3H3. The van der Waals surface area contributed by atoms with Crippen molar-refractivity contribution >= 4 is 22.2 Å². The number of aliphatic imine (C=N–C) groups is 1. The highest BCUT2D eigenvalue weighted by atomic mass is 32.3. The van der Waals surface area contributed by atoms with Crippen LogP contribution in [0.1, 0.15) is 16.7 Å². The molecule has 0 aliphatic heterocycles. The monoisotopic (exact) mass is 380 g/mol. The Balaban J connectivity index is 2.15. The van der Waals surface area contributed by atoms with Gasteiger partial charge in [0, 0.05) is 25.2 Å². The van der Waals surface area contributed by atoms with Crippen LogP contribution in [0.25, 0.3) is 0 Å². The molecule has 3 aromatic rings. The van der Waals surface area contributed by atoms with E-state index in [4.69, 9.17) is 4.99 Å². The molecule has 0 aliphatic rings. The van der Waals surface area contributed by atoms with Crippen LogP contribution in [-0.4, -0.2) is 33.2 Å². The summed E-state index contributed by atoms with van der Waals surface area (Å²) in [7, 11) is 0.283. The predicted molar refractivity (Wildman–Crippen MR) is 114 cm³/mol. The van der Waals surface area contributed by atoms with Gasteiger partial charge >= 0.3 is 0 Å². The van der Waals surface area contributed by atoms with Gasteiger partial charge in [0.25, 0.3) is 0 Å². The van der Waals surface area contributed by atoms with Crippen molar-refractivity contribution in [2.24, 2.45) is 4.99 Å². The van der Waals surface area contributed by atoms with Gasteiger partial charge in [-0.25, -0.2) is 9.30 Å². The van der Waals surface area contributed by atoms with Gasteiger partial charge in [-0.2, -0.15) is 0 Å². The summed E-state index contributed by atoms with van der Waals surface area (Å²) in [5, 5.41) is 0. The molecule has 5 heteroatoms. The maximum Gasteiger partial charge on any atom is 0.0781 e. The summed E-state index contributed by atoms with van der Waals surface area (Å²) in [5.74, 6) is 0. The van der Waals surface area contributed by atoms with Crippen molar-refractivity contribution in [3.05, 3.63) is 95.6 Å². The van der Waals surface area contributed by atoms with Crippen molar-refractivity contribution in [1.82, 2.24) is 4.31 Å². The first-order valence-corrected chi connectivity index (χ1v) is 10.2. The average molecular weight is 381 g/mol. The van der Waals surface area contributed by atoms with Crippen LogP contribution in [0.2, 0.25) is 0 Å². The summed E-state index contributed by atoms with van der Waals surface area (Å²) in [6.07, 6.45) is 0. The number of hydrogen-bond acceptors (Lipinski definition) is 4. The van der Waals surface area contributed by atoms with Crippen molar-refractivity contribution in [2.75, 3.05) is 14.1 Å². The molecule has 0 atom stereocenters. The number of nitrogens with zero attached hydrogens (tertiary/aromatic N) is 2. The van der Waals surface area contributed by atoms with Gasteiger partial charge in [-0.3, -0.25) is 9.11 Å². The van der Waals surface area contributed by atoms with E-state index < -0.39 is 10.8 Å². The zero-order valence-corrected chi connectivity index (χ0v) is 16.5. The van der Waals surface area contributed by atoms with Crippen molar-refractivity contribution in [2.45, 2.75) is 11.8 Å². The maximum atomic E-state index is 10.5. The molecular weight excluding hydrogens is 356 g/mol. The fraction of sp³-hybridized carbons (Fsp3) is 0.136. The van der Waals surface area contributed by atoms with Gasteiger partial charge in [-0.05, 0) is 30.7 Å². The fourth-order valence-electron chi connectivity index (χ4n) is 2.78. The van der Waals surface area contributed by atoms with Crippen LogP contribution >= 0.6 is 10.8 Å². The Bertz CT molecular complexity index is 898. The lowest BCUT2D eigenvalue weighted by molar-refractivity contribution is 0.414. The molecule has 0 fully saturated rings. The third-order valence-corrected chi connectivity index (χ3v) is 6.08. The second kappa shape index (κ2) is 8.06. The van der Waals surface area contributed by atoms with Gasteiger partial charge in [0.05, 0.1) is 16.3 Å². The van der Waals surface area contributed by atoms with E-state index in [9.17, 15) is 9.11 Å². The lowest BCUT2D eigenvalue weighted by Gasteiger charge is -2.38. The first-order chi connectivity index (χ1) is 12.9. The second-order valence-electron chi connectivity index (χ2n) is 6.53. The minimum absolute atomic E-state index is 0.465. The smallest absolute Gasteiger partial charge is 0.0781 e. The summed E-state index contributed by atoms with van der Waals surface area (Å²) in [6.45, 7) is 1.93. The Morgan fingerprint density at radius 1 is 0.815 bits per heavy atom. The molecule has 0 saturated carbocycles. The van der Waals surface area contributed by atoms with Crippen LogP contribution in [0.15, 0.2) is 88.8 Å². The zero-order chi connectivity index (χ0) is 19.4. The SMILES string of the molecule is Cc1cc(N=C(c2ccccc2)c2ccccc2)cc(S(O)(O)N(C)C)c1. The topological polar surface area (TPSA) is 56.1 Å². The highest BCUT2D eigenvalue weighted by molar-refractivity contribution is 8.22. The van der Waals surface area contributed by atoms with Gasteiger partial charge in [-0.1, -0.05) is 60.7 Å². The van der Waals surface area contributed by atoms with E-state index in [1.54, 1.807) is 26.2 Å². The van der Waals surface area contributed by atoms with E-state index in [0.29, 0.717) is 10.6 Å². The highest BCUT2D eigenvalue weighted by Gasteiger charge is 2.19. The van der Waals surface area contributed by atoms with Gasteiger partial charge in [0.1, 0.15) is 0 Å². The Morgan fingerprint density at radius 2 is 1.33 bits per heavy atom. The second-order valence-corrected chi connectivity index (χ2v) is 8.77. The molecule has 0 spiro atoms. The molecule has 27 heavy (non-hydrogen) atoms. The first-order valence-electron chi connectivity index (χ1n) is 8.65. The largest absolute Gasteiger partial charge is 0.281 e. The van der Waals surface area contributed by atoms with Gasteiger partial charge in [0.15, 0.2) is 0 Å². The third-order valence-electron chi connectivity index (χ3n) is 4.20. The Hall–Kier alpha value is -2.44. The molecular formula is C22H24N2O2S. The van der Waals surface area contributed by atoms with Crippen LogP contribution < -0.4 is 0 Å². The van der Waals surface area contributed by atoms with Crippen LogP contribution in [0.5, 0.6) is 0 Å². The number of rotatable bonds is 5. The van der Waals surface area contributed by atoms with E-state index in [1.165, 1.54) is 4.31 Å². The third kappa shape index (κ3) is 4.46. The average Bonchev–Trinajstić information content (AvgIpc) is 2.67. The molecule has 3 aromatic carbocycles. The van der Waals surface area contributed by atoms with E-state index in [2.05, 4.69) is 0 Å². The Labute approximate surface area is 162 Å². The molecule has 0 heterocycles. The van der Waals surface area contributed by atoms with Crippen LogP contribution in [0, 0.1) is 6.92 Å². The summed E-state index contributed by atoms with van der Waals surface area (Å²) in [5.41, 5.74) is 4.47. The summed E-state index contributed by atoms with van der Waals surface area (Å²) < 4.78 is 22.4. The molecule has 0 aromatic heterocycles. The molecule has 2 N–H and O–H groups in total. The fourth-order valence-corrected chi connectivity index (χ4v) is 3.82. The summed E-state index contributed by atoms with van der Waals surface area (Å²) in [6, 6.07) is 25.5. The molecule has 140 valence electrons. The van der Waals surface area contributed by atoms with Crippen molar-refractivity contribution < 1.29 is 9.11 Å². The molecule has 0 unspecified atom stereocenters. The van der Waals surface area contributed by atoms with E-state index >= 15 is 0 Å². The molecule has 0 aliphatic carbocycles. The number of aryl methyl sites for hydroxylation is 1. The Morgan fingerprint density at radius 3 is 1.81 bits per heavy atom. The molecule has 0 amide bonds. The van der Waals surface area contributed by atoms with Crippen molar-refractivity contribution in [3.8, 4) is 0 Å². The normalized spacial score (nSPS) is 12.1. The molecule has 4 nitrogen and oxygen atoms in total. The van der Waals surface area contributed by atoms with Crippen molar-refractivity contribution in [1.29, 1.82) is 0 Å². The lowest BCUT2D eigenvalue weighted by atomic mass is 10.0. The van der Waals surface area contributed by atoms with Crippen LogP contribution in [0.4, 0.5) is 5.69 Å². The van der Waals surface area contributed by atoms with E-state index in [0.717, 1.165) is 22.4 Å². The van der Waals surface area contributed by atoms with Crippen LogP contribution in [-0.2, 0) is 0 Å². The quantitative estimate of drug-likeness (QED) is 0.554. The minimum atomic E-state index is -3.02. The summed E-state index contributed by atoms with van der Waals surface area (Å²) in [4.78, 5) is 5.35. The van der Waals surface area contributed by atoms with E-state index in [1.807, 2.05) is 73.7 Å². The molecule has 0 radical (unpaired) electrons. The van der Waals surface area contributed by atoms with Gasteiger partial charge in [0.2, 0.25) is 0 Å². The minimum Gasteiger partial charge on any atom is -0.281 e. The van der Waals surface area contributed by atoms with Crippen molar-refractivity contribution in [3.63, 3.8) is 0 Å². The van der Waals surface area contributed by atoms with Gasteiger partial charge < -0.3 is 0 Å². The van der Waals surface area contributed by atoms with Crippen LogP contribution in [0.3, 0.4) is 0 Å². The van der Waals surface area contributed by atoms with Gasteiger partial charge in [-0.15, -0.1) is 10.8 Å². The molecule has 3 rings (SSSR count). The maximum absolute atomic E-state index is 10.5. The summed E-state index contributed by atoms with van der Waals surface area (Å²) >= 11 is 0. The zero-order valence-electron chi connectivity index (χ0n) is 15.7.